The SMILES string of the molecule is Cl.O=S(=O)(c1ccccc1OC(F)(F)F)N1CCNCC1c1cccnc1. The van der Waals surface area contributed by atoms with Gasteiger partial charge in [0, 0.05) is 32.0 Å². The minimum absolute atomic E-state index is 0. The molecule has 1 aromatic heterocycles. The second-order valence-electron chi connectivity index (χ2n) is 5.62. The van der Waals surface area contributed by atoms with Crippen LogP contribution < -0.4 is 10.1 Å². The van der Waals surface area contributed by atoms with Crippen LogP contribution in [0.15, 0.2) is 53.7 Å². The minimum atomic E-state index is -4.99. The number of nitrogens with zero attached hydrogens (tertiary/aromatic N) is 2. The van der Waals surface area contributed by atoms with E-state index in [0.717, 1.165) is 12.1 Å². The van der Waals surface area contributed by atoms with Crippen molar-refractivity contribution in [2.75, 3.05) is 19.6 Å². The lowest BCUT2D eigenvalue weighted by molar-refractivity contribution is -0.275. The quantitative estimate of drug-likeness (QED) is 0.818. The van der Waals surface area contributed by atoms with Gasteiger partial charge in [0.1, 0.15) is 10.6 Å². The van der Waals surface area contributed by atoms with Crippen molar-refractivity contribution in [3.05, 3.63) is 54.4 Å². The first-order valence-electron chi connectivity index (χ1n) is 7.76. The average molecular weight is 424 g/mol. The molecule has 2 aromatic rings. The molecule has 1 N–H and O–H groups in total. The van der Waals surface area contributed by atoms with Crippen LogP contribution in [0, 0.1) is 0 Å². The fourth-order valence-electron chi connectivity index (χ4n) is 2.83. The molecule has 1 atom stereocenters. The number of benzene rings is 1. The summed E-state index contributed by atoms with van der Waals surface area (Å²) in [6.45, 7) is 0.827. The number of piperazine rings is 1. The third-order valence-corrected chi connectivity index (χ3v) is 5.87. The molecule has 6 nitrogen and oxygen atoms in total. The van der Waals surface area contributed by atoms with Crippen LogP contribution in [0.2, 0.25) is 0 Å². The number of halogens is 4. The van der Waals surface area contributed by atoms with Crippen LogP contribution in [0.4, 0.5) is 13.2 Å². The summed E-state index contributed by atoms with van der Waals surface area (Å²) in [7, 11) is -4.22. The normalized spacial score (nSPS) is 18.6. The Kier molecular flexibility index (Phi) is 6.68. The van der Waals surface area contributed by atoms with Gasteiger partial charge in [-0.15, -0.1) is 25.6 Å². The number of sulfonamides is 1. The maximum atomic E-state index is 13.1. The number of hydrogen-bond donors (Lipinski definition) is 1. The van der Waals surface area contributed by atoms with E-state index in [0.29, 0.717) is 18.7 Å². The lowest BCUT2D eigenvalue weighted by atomic mass is 10.1. The second-order valence-corrected chi connectivity index (χ2v) is 7.48. The zero-order chi connectivity index (χ0) is 18.8. The van der Waals surface area contributed by atoms with Crippen LogP contribution in [-0.4, -0.2) is 43.7 Å². The Hall–Kier alpha value is -1.88. The molecule has 3 rings (SSSR count). The average Bonchev–Trinajstić information content (AvgIpc) is 2.61. The van der Waals surface area contributed by atoms with Gasteiger partial charge in [0.15, 0.2) is 0 Å². The van der Waals surface area contributed by atoms with Crippen molar-refractivity contribution in [2.45, 2.75) is 17.3 Å². The molecule has 11 heteroatoms. The Morgan fingerprint density at radius 1 is 1.19 bits per heavy atom. The van der Waals surface area contributed by atoms with Gasteiger partial charge >= 0.3 is 6.36 Å². The topological polar surface area (TPSA) is 71.5 Å². The first-order valence-corrected chi connectivity index (χ1v) is 9.20. The molecule has 1 unspecified atom stereocenters. The molecule has 1 aliphatic heterocycles. The largest absolute Gasteiger partial charge is 0.573 e. The number of hydrogen-bond acceptors (Lipinski definition) is 5. The Morgan fingerprint density at radius 2 is 1.93 bits per heavy atom. The van der Waals surface area contributed by atoms with Gasteiger partial charge in [0.2, 0.25) is 10.0 Å². The lowest BCUT2D eigenvalue weighted by Crippen LogP contribution is -2.48. The summed E-state index contributed by atoms with van der Waals surface area (Å²) in [6, 6.07) is 7.57. The molecule has 1 saturated heterocycles. The fourth-order valence-corrected chi connectivity index (χ4v) is 4.56. The number of rotatable bonds is 4. The number of nitrogens with one attached hydrogen (secondary N) is 1. The molecule has 0 bridgehead atoms. The molecule has 0 amide bonds. The summed E-state index contributed by atoms with van der Waals surface area (Å²) in [5.41, 5.74) is 0.650. The molecule has 1 aliphatic rings. The van der Waals surface area contributed by atoms with Crippen molar-refractivity contribution in [1.82, 2.24) is 14.6 Å². The van der Waals surface area contributed by atoms with Gasteiger partial charge in [-0.3, -0.25) is 4.98 Å². The van der Waals surface area contributed by atoms with E-state index < -0.39 is 33.1 Å². The van der Waals surface area contributed by atoms with Gasteiger partial charge in [-0.25, -0.2) is 8.42 Å². The molecule has 0 radical (unpaired) electrons. The Morgan fingerprint density at radius 3 is 2.59 bits per heavy atom. The lowest BCUT2D eigenvalue weighted by Gasteiger charge is -2.35. The van der Waals surface area contributed by atoms with E-state index in [1.165, 1.54) is 22.6 Å². The van der Waals surface area contributed by atoms with Crippen molar-refractivity contribution in [3.63, 3.8) is 0 Å². The summed E-state index contributed by atoms with van der Waals surface area (Å²) in [6.07, 6.45) is -1.89. The van der Waals surface area contributed by atoms with Gasteiger partial charge in [-0.2, -0.15) is 4.31 Å². The molecule has 1 fully saturated rings. The number of aromatic nitrogens is 1. The van der Waals surface area contributed by atoms with Crippen LogP contribution in [0.1, 0.15) is 11.6 Å². The van der Waals surface area contributed by atoms with Crippen molar-refractivity contribution >= 4 is 22.4 Å². The fraction of sp³-hybridized carbons (Fsp3) is 0.312. The zero-order valence-electron chi connectivity index (χ0n) is 13.9. The van der Waals surface area contributed by atoms with Crippen LogP contribution in [0.25, 0.3) is 0 Å². The van der Waals surface area contributed by atoms with E-state index in [4.69, 9.17) is 0 Å². The summed E-state index contributed by atoms with van der Waals surface area (Å²) in [5.74, 6) is -0.747. The van der Waals surface area contributed by atoms with Crippen molar-refractivity contribution in [2.24, 2.45) is 0 Å². The van der Waals surface area contributed by atoms with Gasteiger partial charge in [0.05, 0.1) is 6.04 Å². The van der Waals surface area contributed by atoms with Gasteiger partial charge in [-0.05, 0) is 23.8 Å². The van der Waals surface area contributed by atoms with E-state index in [-0.39, 0.29) is 19.0 Å². The number of pyridine rings is 1. The second kappa shape index (κ2) is 8.42. The van der Waals surface area contributed by atoms with Crippen LogP contribution in [0.3, 0.4) is 0 Å². The van der Waals surface area contributed by atoms with E-state index >= 15 is 0 Å². The predicted octanol–water partition coefficient (Wildman–Crippen LogP) is 2.74. The van der Waals surface area contributed by atoms with Gasteiger partial charge < -0.3 is 10.1 Å². The van der Waals surface area contributed by atoms with Crippen molar-refractivity contribution in [1.29, 1.82) is 0 Å². The van der Waals surface area contributed by atoms with Crippen LogP contribution in [-0.2, 0) is 10.0 Å². The molecular weight excluding hydrogens is 407 g/mol. The number of para-hydroxylation sites is 1. The van der Waals surface area contributed by atoms with E-state index in [9.17, 15) is 21.6 Å². The summed E-state index contributed by atoms with van der Waals surface area (Å²) < 4.78 is 69.2. The summed E-state index contributed by atoms with van der Waals surface area (Å²) in [4.78, 5) is 3.47. The van der Waals surface area contributed by atoms with E-state index in [2.05, 4.69) is 15.0 Å². The highest BCUT2D eigenvalue weighted by molar-refractivity contribution is 7.89. The highest BCUT2D eigenvalue weighted by Gasteiger charge is 2.39. The first-order chi connectivity index (χ1) is 12.3. The minimum Gasteiger partial charge on any atom is -0.404 e. The molecule has 0 spiro atoms. The van der Waals surface area contributed by atoms with E-state index in [1.54, 1.807) is 18.3 Å². The third-order valence-electron chi connectivity index (χ3n) is 3.92. The Bertz CT molecular complexity index is 866. The molecule has 2 heterocycles. The van der Waals surface area contributed by atoms with Gasteiger partial charge in [-0.1, -0.05) is 18.2 Å². The molecule has 148 valence electrons. The molecule has 0 saturated carbocycles. The Labute approximate surface area is 160 Å². The third kappa shape index (κ3) is 4.89. The highest BCUT2D eigenvalue weighted by atomic mass is 35.5. The van der Waals surface area contributed by atoms with Crippen molar-refractivity contribution in [3.8, 4) is 5.75 Å². The standard InChI is InChI=1S/C16H16F3N3O3S.ClH/c17-16(18,19)25-14-5-1-2-6-15(14)26(23,24)22-9-8-21-11-13(22)12-4-3-7-20-10-12;/h1-7,10,13,21H,8-9,11H2;1H. The molecular formula is C16H17ClF3N3O3S. The van der Waals surface area contributed by atoms with E-state index in [1.807, 2.05) is 0 Å². The van der Waals surface area contributed by atoms with Crippen molar-refractivity contribution < 1.29 is 26.3 Å². The molecule has 1 aromatic carbocycles. The number of alkyl halides is 3. The highest BCUT2D eigenvalue weighted by Crippen LogP contribution is 2.35. The number of ether oxygens (including phenoxy) is 1. The Balaban J connectivity index is 0.00000261. The summed E-state index contributed by atoms with van der Waals surface area (Å²) >= 11 is 0. The zero-order valence-corrected chi connectivity index (χ0v) is 15.5. The first kappa shape index (κ1) is 21.4. The maximum absolute atomic E-state index is 13.1. The van der Waals surface area contributed by atoms with Crippen LogP contribution in [0.5, 0.6) is 5.75 Å². The maximum Gasteiger partial charge on any atom is 0.573 e. The smallest absolute Gasteiger partial charge is 0.404 e. The van der Waals surface area contributed by atoms with Crippen LogP contribution >= 0.6 is 12.4 Å². The van der Waals surface area contributed by atoms with Gasteiger partial charge in [0.25, 0.3) is 0 Å². The molecule has 0 aliphatic carbocycles. The molecule has 27 heavy (non-hydrogen) atoms. The summed E-state index contributed by atoms with van der Waals surface area (Å²) in [5, 5.41) is 3.09. The monoisotopic (exact) mass is 423 g/mol. The predicted molar refractivity (Wildman–Crippen MR) is 94.1 cm³/mol.